The molecule has 1 aromatic heterocycles. The van der Waals surface area contributed by atoms with E-state index in [4.69, 9.17) is 5.26 Å². The first-order valence-electron chi connectivity index (χ1n) is 7.55. The third-order valence-electron chi connectivity index (χ3n) is 3.03. The minimum absolute atomic E-state index is 0.000171. The van der Waals surface area contributed by atoms with Crippen molar-refractivity contribution in [1.82, 2.24) is 15.8 Å². The van der Waals surface area contributed by atoms with Gasteiger partial charge in [0, 0.05) is 17.1 Å². The number of hydrogen-bond acceptors (Lipinski definition) is 7. The number of rotatable bonds is 7. The van der Waals surface area contributed by atoms with Crippen molar-refractivity contribution >= 4 is 23.2 Å². The zero-order valence-corrected chi connectivity index (χ0v) is 14.6. The number of esters is 1. The summed E-state index contributed by atoms with van der Waals surface area (Å²) < 4.78 is 17.6. The van der Waals surface area contributed by atoms with Crippen molar-refractivity contribution in [2.75, 3.05) is 6.61 Å². The first kappa shape index (κ1) is 19.1. The minimum atomic E-state index is -0.778. The molecule has 0 spiro atoms. The molecule has 2 rings (SSSR count). The van der Waals surface area contributed by atoms with Gasteiger partial charge in [0.05, 0.1) is 18.7 Å². The Balaban J connectivity index is 1.89. The molecule has 0 radical (unpaired) electrons. The van der Waals surface area contributed by atoms with E-state index < -0.39 is 11.9 Å². The number of ether oxygens (including phenoxy) is 1. The third-order valence-corrected chi connectivity index (χ3v) is 3.97. The van der Waals surface area contributed by atoms with E-state index in [-0.39, 0.29) is 24.4 Å². The number of nitrogens with one attached hydrogen (secondary N) is 2. The number of carbonyl (C=O) groups excluding carboxylic acids is 2. The normalized spacial score (nSPS) is 10.7. The Kier molecular flexibility index (Phi) is 6.82. The summed E-state index contributed by atoms with van der Waals surface area (Å²) in [6.07, 6.45) is 1.06. The van der Waals surface area contributed by atoms with Gasteiger partial charge in [0.25, 0.3) is 0 Å². The van der Waals surface area contributed by atoms with Crippen molar-refractivity contribution in [3.8, 4) is 16.6 Å². The van der Waals surface area contributed by atoms with Crippen LogP contribution in [0.2, 0.25) is 0 Å². The Morgan fingerprint density at radius 2 is 2.12 bits per heavy atom. The zero-order valence-electron chi connectivity index (χ0n) is 13.8. The van der Waals surface area contributed by atoms with Crippen molar-refractivity contribution in [1.29, 1.82) is 5.26 Å². The van der Waals surface area contributed by atoms with Crippen LogP contribution in [0.3, 0.4) is 0 Å². The monoisotopic (exact) mass is 374 g/mol. The van der Waals surface area contributed by atoms with Gasteiger partial charge in [-0.1, -0.05) is 0 Å². The van der Waals surface area contributed by atoms with Crippen molar-refractivity contribution in [2.45, 2.75) is 13.3 Å². The Hall–Kier alpha value is -3.25. The topological polar surface area (TPSA) is 104 Å². The lowest BCUT2D eigenvalue weighted by atomic mass is 10.2. The fraction of sp³-hybridized carbons (Fsp3) is 0.176. The van der Waals surface area contributed by atoms with E-state index in [2.05, 4.69) is 20.6 Å². The highest BCUT2D eigenvalue weighted by Crippen LogP contribution is 2.23. The van der Waals surface area contributed by atoms with Gasteiger partial charge >= 0.3 is 5.97 Å². The summed E-state index contributed by atoms with van der Waals surface area (Å²) in [5.74, 6) is -1.51. The van der Waals surface area contributed by atoms with Gasteiger partial charge in [-0.2, -0.15) is 5.26 Å². The van der Waals surface area contributed by atoms with Crippen LogP contribution in [0.5, 0.6) is 0 Å². The fourth-order valence-electron chi connectivity index (χ4n) is 1.86. The molecule has 0 saturated carbocycles. The van der Waals surface area contributed by atoms with Crippen LogP contribution in [0.25, 0.3) is 10.6 Å². The molecule has 9 heteroatoms. The molecule has 134 valence electrons. The van der Waals surface area contributed by atoms with Crippen molar-refractivity contribution < 1.29 is 18.7 Å². The highest BCUT2D eigenvalue weighted by molar-refractivity contribution is 7.13. The van der Waals surface area contributed by atoms with Crippen LogP contribution in [0.1, 0.15) is 12.6 Å². The molecule has 26 heavy (non-hydrogen) atoms. The molecule has 0 aliphatic rings. The molecule has 1 heterocycles. The second kappa shape index (κ2) is 9.29. The van der Waals surface area contributed by atoms with Crippen molar-refractivity contribution in [3.05, 3.63) is 52.9 Å². The number of hydrazine groups is 1. The molecule has 0 aliphatic heterocycles. The SMILES string of the molecule is CCOC(=O)/C(C#N)=C/NNC(=O)Cc1csc(-c2ccc(F)cc2)n1. The predicted octanol–water partition coefficient (Wildman–Crippen LogP) is 2.08. The molecule has 0 unspecified atom stereocenters. The van der Waals surface area contributed by atoms with Crippen LogP contribution >= 0.6 is 11.3 Å². The molecule has 0 aliphatic carbocycles. The highest BCUT2D eigenvalue weighted by Gasteiger charge is 2.11. The second-order valence-electron chi connectivity index (χ2n) is 4.91. The predicted molar refractivity (Wildman–Crippen MR) is 92.8 cm³/mol. The minimum Gasteiger partial charge on any atom is -0.462 e. The Morgan fingerprint density at radius 1 is 1.38 bits per heavy atom. The second-order valence-corrected chi connectivity index (χ2v) is 5.77. The summed E-state index contributed by atoms with van der Waals surface area (Å²) in [5, 5.41) is 11.3. The molecular formula is C17H15FN4O3S. The summed E-state index contributed by atoms with van der Waals surface area (Å²) in [6, 6.07) is 7.59. The van der Waals surface area contributed by atoms with E-state index >= 15 is 0 Å². The molecule has 2 N–H and O–H groups in total. The van der Waals surface area contributed by atoms with Gasteiger partial charge in [0.1, 0.15) is 16.9 Å². The van der Waals surface area contributed by atoms with E-state index in [0.717, 1.165) is 11.8 Å². The van der Waals surface area contributed by atoms with E-state index in [1.165, 1.54) is 23.5 Å². The van der Waals surface area contributed by atoms with Gasteiger partial charge in [-0.05, 0) is 31.2 Å². The van der Waals surface area contributed by atoms with Gasteiger partial charge in [-0.3, -0.25) is 10.2 Å². The molecule has 0 saturated heterocycles. The fourth-order valence-corrected chi connectivity index (χ4v) is 2.68. The lowest BCUT2D eigenvalue weighted by Gasteiger charge is -2.04. The number of amides is 1. The number of thiazole rings is 1. The maximum absolute atomic E-state index is 12.9. The van der Waals surface area contributed by atoms with Crippen LogP contribution in [-0.4, -0.2) is 23.5 Å². The summed E-state index contributed by atoms with van der Waals surface area (Å²) in [4.78, 5) is 27.6. The molecular weight excluding hydrogens is 359 g/mol. The van der Waals surface area contributed by atoms with Crippen LogP contribution < -0.4 is 10.9 Å². The standard InChI is InChI=1S/C17H15FN4O3S/c1-2-25-17(24)12(8-19)9-20-22-15(23)7-14-10-26-16(21-14)11-3-5-13(18)6-4-11/h3-6,9-10,20H,2,7H2,1H3,(H,22,23)/b12-9+. The smallest absolute Gasteiger partial charge is 0.350 e. The first-order valence-corrected chi connectivity index (χ1v) is 8.43. The molecule has 0 bridgehead atoms. The van der Waals surface area contributed by atoms with E-state index in [9.17, 15) is 14.0 Å². The van der Waals surface area contributed by atoms with E-state index in [0.29, 0.717) is 10.7 Å². The highest BCUT2D eigenvalue weighted by atomic mass is 32.1. The van der Waals surface area contributed by atoms with Gasteiger partial charge < -0.3 is 10.2 Å². The molecule has 0 atom stereocenters. The summed E-state index contributed by atoms with van der Waals surface area (Å²) in [6.45, 7) is 1.76. The largest absolute Gasteiger partial charge is 0.462 e. The number of nitrogens with zero attached hydrogens (tertiary/aromatic N) is 2. The first-order chi connectivity index (χ1) is 12.5. The van der Waals surface area contributed by atoms with E-state index in [1.54, 1.807) is 30.5 Å². The molecule has 0 fully saturated rings. The number of halogens is 1. The van der Waals surface area contributed by atoms with E-state index in [1.807, 2.05) is 0 Å². The summed E-state index contributed by atoms with van der Waals surface area (Å²) in [5.41, 5.74) is 5.77. The zero-order chi connectivity index (χ0) is 18.9. The molecule has 1 amide bonds. The van der Waals surface area contributed by atoms with Gasteiger partial charge in [0.15, 0.2) is 5.57 Å². The Morgan fingerprint density at radius 3 is 2.77 bits per heavy atom. The molecule has 7 nitrogen and oxygen atoms in total. The lowest BCUT2D eigenvalue weighted by molar-refractivity contribution is -0.138. The van der Waals surface area contributed by atoms with Crippen LogP contribution in [0.4, 0.5) is 4.39 Å². The van der Waals surface area contributed by atoms with Gasteiger partial charge in [-0.25, -0.2) is 14.2 Å². The number of hydrogen-bond donors (Lipinski definition) is 2. The van der Waals surface area contributed by atoms with Gasteiger partial charge in [-0.15, -0.1) is 11.3 Å². The Labute approximate surface area is 153 Å². The van der Waals surface area contributed by atoms with Crippen LogP contribution in [0.15, 0.2) is 41.4 Å². The van der Waals surface area contributed by atoms with Crippen LogP contribution in [0, 0.1) is 17.1 Å². The Bertz CT molecular complexity index is 856. The lowest BCUT2D eigenvalue weighted by Crippen LogP contribution is -2.35. The summed E-state index contributed by atoms with van der Waals surface area (Å²) >= 11 is 1.34. The van der Waals surface area contributed by atoms with Gasteiger partial charge in [0.2, 0.25) is 5.91 Å². The maximum Gasteiger partial charge on any atom is 0.350 e. The van der Waals surface area contributed by atoms with Crippen LogP contribution in [-0.2, 0) is 20.7 Å². The molecule has 1 aromatic carbocycles. The average Bonchev–Trinajstić information content (AvgIpc) is 3.08. The number of aromatic nitrogens is 1. The molecule has 2 aromatic rings. The van der Waals surface area contributed by atoms with Crippen molar-refractivity contribution in [3.63, 3.8) is 0 Å². The third kappa shape index (κ3) is 5.39. The quantitative estimate of drug-likeness (QED) is 0.333. The van der Waals surface area contributed by atoms with Crippen molar-refractivity contribution in [2.24, 2.45) is 0 Å². The number of benzene rings is 1. The number of carbonyl (C=O) groups is 2. The average molecular weight is 374 g/mol. The maximum atomic E-state index is 12.9. The number of nitriles is 1. The summed E-state index contributed by atoms with van der Waals surface area (Å²) in [7, 11) is 0.